The average molecular weight is 638 g/mol. The predicted octanol–water partition coefficient (Wildman–Crippen LogP) is 9.18. The van der Waals surface area contributed by atoms with Crippen LogP contribution in [0.15, 0.2) is 78.4 Å². The maximum absolute atomic E-state index is 13.6. The number of ketones is 2. The molecule has 0 bridgehead atoms. The van der Waals surface area contributed by atoms with Crippen LogP contribution in [0.4, 0.5) is 17.1 Å². The lowest BCUT2D eigenvalue weighted by Crippen LogP contribution is -2.39. The van der Waals surface area contributed by atoms with Crippen LogP contribution in [0.25, 0.3) is 16.8 Å². The Morgan fingerprint density at radius 1 is 0.543 bits per heavy atom. The number of nitrogens with zero attached hydrogens (tertiary/aromatic N) is 1. The minimum Gasteiger partial charge on any atom is -0.453 e. The lowest BCUT2D eigenvalue weighted by molar-refractivity contribution is 0.0990. The van der Waals surface area contributed by atoms with Gasteiger partial charge in [0.15, 0.2) is 46.1 Å². The van der Waals surface area contributed by atoms with E-state index in [4.69, 9.17) is 14.2 Å². The van der Waals surface area contributed by atoms with E-state index in [1.807, 2.05) is 48.5 Å². The smallest absolute Gasteiger partial charge is 0.197 e. The van der Waals surface area contributed by atoms with Crippen LogP contribution in [0.2, 0.25) is 39.3 Å². The van der Waals surface area contributed by atoms with Crippen molar-refractivity contribution in [3.05, 3.63) is 95.1 Å². The summed E-state index contributed by atoms with van der Waals surface area (Å²) in [6.07, 6.45) is 1.68. The normalized spacial score (nSPS) is 15.3. The molecule has 8 heteroatoms. The Bertz CT molecular complexity index is 2160. The highest BCUT2D eigenvalue weighted by atomic mass is 28.3. The highest BCUT2D eigenvalue weighted by molar-refractivity contribution is 6.89. The molecule has 226 valence electrons. The summed E-state index contributed by atoms with van der Waals surface area (Å²) in [4.78, 5) is 29.5. The fourth-order valence-electron chi connectivity index (χ4n) is 6.84. The standard InChI is InChI=1S/C38H31NO5Si2/c1-45(2,3)23-16-30-35-32(18-23)44-33-19-24(46(4,5)6)17-31-36(33)39(35)34-28(42-30)12-20(13-29(34)43-31)11-27-37(40)25-14-21-9-7-8-10-22(21)15-26(25)38(27)41/h7-19H,1-6H3. The van der Waals surface area contributed by atoms with E-state index in [0.29, 0.717) is 28.2 Å². The minimum atomic E-state index is -1.74. The summed E-state index contributed by atoms with van der Waals surface area (Å²) in [7, 11) is -3.49. The number of hydrogen-bond donors (Lipinski definition) is 0. The van der Waals surface area contributed by atoms with Crippen molar-refractivity contribution in [2.24, 2.45) is 0 Å². The molecule has 5 aromatic rings. The SMILES string of the molecule is C[Si](C)(C)c1cc2c3c(c1)Oc1cc([Si](C)(C)C)cc4c1N3c1c(cc(C=C3C(=O)c5cc6ccccc6cc5C3=O)cc1O4)O2. The molecular formula is C38H31NO5Si2. The van der Waals surface area contributed by atoms with Crippen LogP contribution in [0.1, 0.15) is 26.3 Å². The number of ether oxygens (including phenoxy) is 3. The van der Waals surface area contributed by atoms with Gasteiger partial charge in [0.05, 0.1) is 21.7 Å². The van der Waals surface area contributed by atoms with E-state index in [1.165, 1.54) is 10.4 Å². The van der Waals surface area contributed by atoms with Crippen molar-refractivity contribution in [2.75, 3.05) is 4.90 Å². The van der Waals surface area contributed by atoms with Gasteiger partial charge in [0.1, 0.15) is 17.1 Å². The van der Waals surface area contributed by atoms with Crippen molar-refractivity contribution in [3.63, 3.8) is 0 Å². The molecule has 0 unspecified atom stereocenters. The summed E-state index contributed by atoms with van der Waals surface area (Å²) in [5, 5.41) is 4.32. The molecule has 3 aliphatic heterocycles. The molecule has 0 atom stereocenters. The number of allylic oxidation sites excluding steroid dienone is 1. The zero-order valence-corrected chi connectivity index (χ0v) is 28.5. The Morgan fingerprint density at radius 3 is 1.28 bits per heavy atom. The number of anilines is 3. The van der Waals surface area contributed by atoms with Crippen LogP contribution in [0.3, 0.4) is 0 Å². The molecule has 6 nitrogen and oxygen atoms in total. The molecule has 0 radical (unpaired) electrons. The van der Waals surface area contributed by atoms with Crippen LogP contribution in [0.5, 0.6) is 34.5 Å². The van der Waals surface area contributed by atoms with Crippen LogP contribution in [0, 0.1) is 0 Å². The molecule has 3 heterocycles. The molecule has 5 aromatic carbocycles. The predicted molar refractivity (Wildman–Crippen MR) is 188 cm³/mol. The zero-order valence-electron chi connectivity index (χ0n) is 26.5. The van der Waals surface area contributed by atoms with Crippen molar-refractivity contribution in [2.45, 2.75) is 39.3 Å². The van der Waals surface area contributed by atoms with Gasteiger partial charge in [-0.3, -0.25) is 14.5 Å². The van der Waals surface area contributed by atoms with Gasteiger partial charge in [-0.15, -0.1) is 0 Å². The molecule has 1 aliphatic carbocycles. The first-order valence-corrected chi connectivity index (χ1v) is 22.6. The number of Topliss-reactive ketones (excluding diaryl/α,β-unsaturated/α-hetero) is 2. The third-order valence-corrected chi connectivity index (χ3v) is 13.4. The molecule has 46 heavy (non-hydrogen) atoms. The summed E-state index contributed by atoms with van der Waals surface area (Å²) in [5.41, 5.74) is 4.19. The van der Waals surface area contributed by atoms with Gasteiger partial charge in [-0.2, -0.15) is 0 Å². The van der Waals surface area contributed by atoms with Gasteiger partial charge >= 0.3 is 0 Å². The average Bonchev–Trinajstić information content (AvgIpc) is 3.22. The summed E-state index contributed by atoms with van der Waals surface area (Å²) in [6.45, 7) is 13.9. The molecule has 0 N–H and O–H groups in total. The van der Waals surface area contributed by atoms with Crippen LogP contribution >= 0.6 is 0 Å². The maximum Gasteiger partial charge on any atom is 0.197 e. The van der Waals surface area contributed by atoms with Gasteiger partial charge in [-0.25, -0.2) is 0 Å². The molecular weight excluding hydrogens is 607 g/mol. The van der Waals surface area contributed by atoms with E-state index in [0.717, 1.165) is 50.8 Å². The number of carbonyl (C=O) groups excluding carboxylic acids is 2. The molecule has 0 saturated carbocycles. The first-order chi connectivity index (χ1) is 21.8. The van der Waals surface area contributed by atoms with E-state index < -0.39 is 16.1 Å². The molecule has 0 amide bonds. The largest absolute Gasteiger partial charge is 0.453 e. The van der Waals surface area contributed by atoms with Crippen LogP contribution in [-0.4, -0.2) is 27.7 Å². The van der Waals surface area contributed by atoms with Gasteiger partial charge in [-0.1, -0.05) is 73.9 Å². The minimum absolute atomic E-state index is 0.142. The van der Waals surface area contributed by atoms with Crippen molar-refractivity contribution < 1.29 is 23.8 Å². The third kappa shape index (κ3) is 3.80. The lowest BCUT2D eigenvalue weighted by Gasteiger charge is -2.43. The quantitative estimate of drug-likeness (QED) is 0.109. The monoisotopic (exact) mass is 637 g/mol. The number of fused-ring (bicyclic) bond motifs is 2. The van der Waals surface area contributed by atoms with Gasteiger partial charge < -0.3 is 14.2 Å². The van der Waals surface area contributed by atoms with Crippen molar-refractivity contribution in [3.8, 4) is 34.5 Å². The maximum atomic E-state index is 13.6. The Hall–Kier alpha value is -4.93. The van der Waals surface area contributed by atoms with E-state index >= 15 is 0 Å². The fraction of sp³-hybridized carbons (Fsp3) is 0.158. The topological polar surface area (TPSA) is 65.1 Å². The van der Waals surface area contributed by atoms with E-state index in [9.17, 15) is 9.59 Å². The molecule has 0 aromatic heterocycles. The Kier molecular flexibility index (Phi) is 5.28. The molecule has 9 rings (SSSR count). The second kappa shape index (κ2) is 8.87. The Balaban J connectivity index is 1.24. The summed E-state index contributed by atoms with van der Waals surface area (Å²) >= 11 is 0. The Morgan fingerprint density at radius 2 is 0.913 bits per heavy atom. The van der Waals surface area contributed by atoms with Crippen molar-refractivity contribution >= 4 is 72.0 Å². The Labute approximate surface area is 268 Å². The first-order valence-electron chi connectivity index (χ1n) is 15.6. The number of rotatable bonds is 3. The molecule has 0 spiro atoms. The van der Waals surface area contributed by atoms with Crippen LogP contribution in [-0.2, 0) is 0 Å². The zero-order chi connectivity index (χ0) is 31.9. The van der Waals surface area contributed by atoms with Crippen LogP contribution < -0.4 is 29.5 Å². The van der Waals surface area contributed by atoms with Gasteiger partial charge in [-0.05, 0) is 70.9 Å². The number of hydrogen-bond acceptors (Lipinski definition) is 6. The van der Waals surface area contributed by atoms with E-state index in [1.54, 1.807) is 6.08 Å². The second-order valence-electron chi connectivity index (χ2n) is 14.6. The third-order valence-electron chi connectivity index (χ3n) is 9.38. The first kappa shape index (κ1) is 27.4. The molecule has 0 saturated heterocycles. The summed E-state index contributed by atoms with van der Waals surface area (Å²) in [6, 6.07) is 23.9. The fourth-order valence-corrected chi connectivity index (χ4v) is 9.10. The van der Waals surface area contributed by atoms with Gasteiger partial charge in [0, 0.05) is 11.1 Å². The summed E-state index contributed by atoms with van der Waals surface area (Å²) in [5.74, 6) is 3.66. The summed E-state index contributed by atoms with van der Waals surface area (Å²) < 4.78 is 20.0. The number of benzene rings is 5. The van der Waals surface area contributed by atoms with Gasteiger partial charge in [0.25, 0.3) is 0 Å². The van der Waals surface area contributed by atoms with Crippen molar-refractivity contribution in [1.82, 2.24) is 0 Å². The van der Waals surface area contributed by atoms with E-state index in [2.05, 4.69) is 68.4 Å². The lowest BCUT2D eigenvalue weighted by atomic mass is 10.0. The highest BCUT2D eigenvalue weighted by Gasteiger charge is 2.43. The highest BCUT2D eigenvalue weighted by Crippen LogP contribution is 2.66. The second-order valence-corrected chi connectivity index (χ2v) is 24.8. The van der Waals surface area contributed by atoms with Gasteiger partial charge in [0.2, 0.25) is 0 Å². The van der Waals surface area contributed by atoms with E-state index in [-0.39, 0.29) is 17.1 Å². The molecule has 0 fully saturated rings. The number of carbonyl (C=O) groups is 2. The van der Waals surface area contributed by atoms with Crippen molar-refractivity contribution in [1.29, 1.82) is 0 Å². The molecule has 4 aliphatic rings.